The predicted octanol–water partition coefficient (Wildman–Crippen LogP) is 1.83. The van der Waals surface area contributed by atoms with E-state index in [-0.39, 0.29) is 5.56 Å². The first kappa shape index (κ1) is 13.5. The summed E-state index contributed by atoms with van der Waals surface area (Å²) in [6.45, 7) is 4.18. The lowest BCUT2D eigenvalue weighted by molar-refractivity contribution is 0.185. The summed E-state index contributed by atoms with van der Waals surface area (Å²) >= 11 is 0. The number of H-pyrrole nitrogens is 1. The van der Waals surface area contributed by atoms with Crippen LogP contribution in [0.1, 0.15) is 30.5 Å². The molecule has 0 fully saturated rings. The molecule has 0 amide bonds. The summed E-state index contributed by atoms with van der Waals surface area (Å²) < 4.78 is 10.2. The number of hydrogen-bond acceptors (Lipinski definition) is 5. The van der Waals surface area contributed by atoms with E-state index in [1.807, 2.05) is 19.9 Å². The Morgan fingerprint density at radius 1 is 1.47 bits per heavy atom. The quantitative estimate of drug-likeness (QED) is 0.890. The number of aromatic nitrogens is 3. The van der Waals surface area contributed by atoms with E-state index in [0.717, 1.165) is 17.7 Å². The van der Waals surface area contributed by atoms with Crippen LogP contribution in [-0.4, -0.2) is 22.2 Å². The smallest absolute Gasteiger partial charge is 0.259 e. The largest absolute Gasteiger partial charge is 0.380 e. The lowest BCUT2D eigenvalue weighted by Gasteiger charge is -2.05. The molecule has 2 rings (SSSR count). The van der Waals surface area contributed by atoms with E-state index in [4.69, 9.17) is 9.26 Å². The number of ether oxygens (including phenoxy) is 1. The molecular weight excluding hydrogens is 246 g/mol. The molecule has 0 aliphatic carbocycles. The van der Waals surface area contributed by atoms with Crippen LogP contribution in [0.4, 0.5) is 0 Å². The van der Waals surface area contributed by atoms with Crippen LogP contribution < -0.4 is 5.56 Å². The maximum Gasteiger partial charge on any atom is 0.259 e. The molecule has 0 bridgehead atoms. The number of pyridine rings is 1. The monoisotopic (exact) mass is 263 g/mol. The molecule has 0 aliphatic heterocycles. The summed E-state index contributed by atoms with van der Waals surface area (Å²) in [6, 6.07) is 1.86. The third kappa shape index (κ3) is 2.90. The molecule has 102 valence electrons. The van der Waals surface area contributed by atoms with E-state index in [1.54, 1.807) is 7.11 Å². The summed E-state index contributed by atoms with van der Waals surface area (Å²) in [4.78, 5) is 19.1. The van der Waals surface area contributed by atoms with E-state index in [1.165, 1.54) is 0 Å². The Labute approximate surface area is 110 Å². The summed E-state index contributed by atoms with van der Waals surface area (Å²) in [5.74, 6) is 0.859. The van der Waals surface area contributed by atoms with Crippen LogP contribution in [0, 0.1) is 6.92 Å². The summed E-state index contributed by atoms with van der Waals surface area (Å²) in [5.41, 5.74) is 1.72. The molecule has 19 heavy (non-hydrogen) atoms. The predicted molar refractivity (Wildman–Crippen MR) is 69.8 cm³/mol. The SMILES string of the molecule is CCCc1nc(-c2c(COC)cc(C)[nH]c2=O)no1. The first-order valence-electron chi connectivity index (χ1n) is 6.20. The molecular formula is C13H17N3O3. The highest BCUT2D eigenvalue weighted by molar-refractivity contribution is 5.58. The van der Waals surface area contributed by atoms with Crippen molar-refractivity contribution in [1.82, 2.24) is 15.1 Å². The van der Waals surface area contributed by atoms with Crippen molar-refractivity contribution in [2.75, 3.05) is 7.11 Å². The molecule has 2 heterocycles. The molecule has 0 radical (unpaired) electrons. The second-order valence-corrected chi connectivity index (χ2v) is 4.38. The molecule has 0 spiro atoms. The zero-order valence-corrected chi connectivity index (χ0v) is 11.3. The lowest BCUT2D eigenvalue weighted by Crippen LogP contribution is -2.14. The molecule has 6 heteroatoms. The van der Waals surface area contributed by atoms with Crippen LogP contribution >= 0.6 is 0 Å². The van der Waals surface area contributed by atoms with Gasteiger partial charge in [0.15, 0.2) is 0 Å². The van der Waals surface area contributed by atoms with Gasteiger partial charge < -0.3 is 14.2 Å². The van der Waals surface area contributed by atoms with Crippen LogP contribution in [0.2, 0.25) is 0 Å². The van der Waals surface area contributed by atoms with Gasteiger partial charge in [0.2, 0.25) is 11.7 Å². The Morgan fingerprint density at radius 2 is 2.26 bits per heavy atom. The van der Waals surface area contributed by atoms with E-state index in [2.05, 4.69) is 15.1 Å². The van der Waals surface area contributed by atoms with Crippen LogP contribution in [-0.2, 0) is 17.8 Å². The number of rotatable bonds is 5. The van der Waals surface area contributed by atoms with E-state index < -0.39 is 0 Å². The van der Waals surface area contributed by atoms with Gasteiger partial charge >= 0.3 is 0 Å². The van der Waals surface area contributed by atoms with Crippen LogP contribution in [0.25, 0.3) is 11.4 Å². The van der Waals surface area contributed by atoms with Crippen molar-refractivity contribution >= 4 is 0 Å². The first-order valence-corrected chi connectivity index (χ1v) is 6.20. The highest BCUT2D eigenvalue weighted by Gasteiger charge is 2.16. The van der Waals surface area contributed by atoms with Gasteiger partial charge in [0.05, 0.1) is 12.2 Å². The Morgan fingerprint density at radius 3 is 2.95 bits per heavy atom. The topological polar surface area (TPSA) is 81.0 Å². The molecule has 0 aliphatic rings. The van der Waals surface area contributed by atoms with Crippen molar-refractivity contribution in [3.8, 4) is 11.4 Å². The Balaban J connectivity index is 2.50. The first-order chi connectivity index (χ1) is 9.15. The fourth-order valence-corrected chi connectivity index (χ4v) is 1.94. The summed E-state index contributed by atoms with van der Waals surface area (Å²) in [7, 11) is 1.58. The zero-order valence-electron chi connectivity index (χ0n) is 11.3. The normalized spacial score (nSPS) is 10.9. The van der Waals surface area contributed by atoms with Crippen molar-refractivity contribution in [3.63, 3.8) is 0 Å². The lowest BCUT2D eigenvalue weighted by atomic mass is 10.1. The highest BCUT2D eigenvalue weighted by Crippen LogP contribution is 2.18. The number of nitrogens with zero attached hydrogens (tertiary/aromatic N) is 2. The maximum atomic E-state index is 12.1. The summed E-state index contributed by atoms with van der Waals surface area (Å²) in [6.07, 6.45) is 1.62. The number of hydrogen-bond donors (Lipinski definition) is 1. The van der Waals surface area contributed by atoms with Gasteiger partial charge in [0.25, 0.3) is 5.56 Å². The molecule has 0 unspecified atom stereocenters. The Hall–Kier alpha value is -1.95. The molecule has 2 aromatic heterocycles. The molecule has 6 nitrogen and oxygen atoms in total. The molecule has 0 saturated heterocycles. The Kier molecular flexibility index (Phi) is 4.11. The van der Waals surface area contributed by atoms with Crippen LogP contribution in [0.5, 0.6) is 0 Å². The molecule has 0 saturated carbocycles. The average Bonchev–Trinajstić information content (AvgIpc) is 2.77. The summed E-state index contributed by atoms with van der Waals surface area (Å²) in [5, 5.41) is 3.88. The minimum atomic E-state index is -0.226. The highest BCUT2D eigenvalue weighted by atomic mass is 16.5. The molecule has 1 N–H and O–H groups in total. The molecule has 0 aromatic carbocycles. The minimum absolute atomic E-state index is 0.226. The van der Waals surface area contributed by atoms with E-state index >= 15 is 0 Å². The van der Waals surface area contributed by atoms with Gasteiger partial charge in [-0.05, 0) is 25.0 Å². The average molecular weight is 263 g/mol. The standard InChI is InChI=1S/C13H17N3O3/c1-4-5-10-15-12(16-19-10)11-9(7-18-3)6-8(2)14-13(11)17/h6H,4-5,7H2,1-3H3,(H,14,17). The van der Waals surface area contributed by atoms with Crippen LogP contribution in [0.15, 0.2) is 15.4 Å². The van der Waals surface area contributed by atoms with Gasteiger partial charge in [0.1, 0.15) is 0 Å². The number of aromatic amines is 1. The van der Waals surface area contributed by atoms with Crippen molar-refractivity contribution in [2.24, 2.45) is 0 Å². The third-order valence-corrected chi connectivity index (χ3v) is 2.71. The minimum Gasteiger partial charge on any atom is -0.380 e. The Bertz CT molecular complexity index is 616. The fourth-order valence-electron chi connectivity index (χ4n) is 1.94. The number of methoxy groups -OCH3 is 1. The zero-order chi connectivity index (χ0) is 13.8. The van der Waals surface area contributed by atoms with Gasteiger partial charge in [0, 0.05) is 19.2 Å². The maximum absolute atomic E-state index is 12.1. The van der Waals surface area contributed by atoms with E-state index in [0.29, 0.717) is 30.3 Å². The van der Waals surface area contributed by atoms with Gasteiger partial charge in [-0.2, -0.15) is 4.98 Å². The molecule has 0 atom stereocenters. The van der Waals surface area contributed by atoms with Crippen molar-refractivity contribution < 1.29 is 9.26 Å². The fraction of sp³-hybridized carbons (Fsp3) is 0.462. The van der Waals surface area contributed by atoms with Gasteiger partial charge in [-0.1, -0.05) is 12.1 Å². The van der Waals surface area contributed by atoms with Crippen LogP contribution in [0.3, 0.4) is 0 Å². The second kappa shape index (κ2) is 5.79. The number of aryl methyl sites for hydroxylation is 2. The number of nitrogens with one attached hydrogen (secondary N) is 1. The van der Waals surface area contributed by atoms with Gasteiger partial charge in [-0.15, -0.1) is 0 Å². The van der Waals surface area contributed by atoms with Gasteiger partial charge in [-0.25, -0.2) is 0 Å². The van der Waals surface area contributed by atoms with Crippen molar-refractivity contribution in [2.45, 2.75) is 33.3 Å². The van der Waals surface area contributed by atoms with Crippen molar-refractivity contribution in [3.05, 3.63) is 33.6 Å². The van der Waals surface area contributed by atoms with E-state index in [9.17, 15) is 4.79 Å². The molecule has 2 aromatic rings. The van der Waals surface area contributed by atoms with Crippen molar-refractivity contribution in [1.29, 1.82) is 0 Å². The third-order valence-electron chi connectivity index (χ3n) is 2.71. The second-order valence-electron chi connectivity index (χ2n) is 4.38. The van der Waals surface area contributed by atoms with Gasteiger partial charge in [-0.3, -0.25) is 4.79 Å².